The van der Waals surface area contributed by atoms with E-state index in [1.165, 1.54) is 11.7 Å². The molecule has 0 saturated carbocycles. The van der Waals surface area contributed by atoms with E-state index in [1.54, 1.807) is 32.2 Å². The van der Waals surface area contributed by atoms with Crippen LogP contribution in [0.4, 0.5) is 0 Å². The Hall–Kier alpha value is -3.61. The van der Waals surface area contributed by atoms with Crippen molar-refractivity contribution in [1.82, 2.24) is 9.55 Å². The Kier molecular flexibility index (Phi) is 4.80. The van der Waals surface area contributed by atoms with Crippen LogP contribution in [0, 0.1) is 6.92 Å². The molecule has 2 aromatic heterocycles. The summed E-state index contributed by atoms with van der Waals surface area (Å²) in [4.78, 5) is 30.4. The van der Waals surface area contributed by atoms with Crippen LogP contribution in [0.15, 0.2) is 56.5 Å². The standard InChI is InChI=1S/C22H20N2O5/c1-13-23-21-19(20(25)17-9-8-16(28-3)12-18(17)29-21)22(26)24(13)11-10-14-4-6-15(27-2)7-5-14/h4-9,12H,10-11H2,1-3H3. The third kappa shape index (κ3) is 3.35. The van der Waals surface area contributed by atoms with Crippen molar-refractivity contribution in [1.29, 1.82) is 0 Å². The first-order valence-electron chi connectivity index (χ1n) is 9.16. The number of hydrogen-bond donors (Lipinski definition) is 0. The van der Waals surface area contributed by atoms with Crippen LogP contribution in [0.2, 0.25) is 0 Å². The number of nitrogens with zero attached hydrogens (tertiary/aromatic N) is 2. The molecule has 0 aliphatic heterocycles. The Morgan fingerprint density at radius 3 is 2.38 bits per heavy atom. The maximum absolute atomic E-state index is 13.1. The lowest BCUT2D eigenvalue weighted by Crippen LogP contribution is -2.28. The maximum atomic E-state index is 13.1. The van der Waals surface area contributed by atoms with Gasteiger partial charge < -0.3 is 13.9 Å². The van der Waals surface area contributed by atoms with Crippen molar-refractivity contribution in [2.24, 2.45) is 0 Å². The summed E-state index contributed by atoms with van der Waals surface area (Å²) in [6, 6.07) is 12.5. The Morgan fingerprint density at radius 1 is 1.00 bits per heavy atom. The van der Waals surface area contributed by atoms with E-state index >= 15 is 0 Å². The van der Waals surface area contributed by atoms with Gasteiger partial charge in [0.2, 0.25) is 11.1 Å². The van der Waals surface area contributed by atoms with Crippen molar-refractivity contribution in [3.63, 3.8) is 0 Å². The van der Waals surface area contributed by atoms with Gasteiger partial charge in [0.05, 0.1) is 19.6 Å². The van der Waals surface area contributed by atoms with Gasteiger partial charge in [0.1, 0.15) is 22.9 Å². The normalized spacial score (nSPS) is 11.1. The van der Waals surface area contributed by atoms with Gasteiger partial charge in [-0.1, -0.05) is 12.1 Å². The number of hydrogen-bond acceptors (Lipinski definition) is 6. The zero-order chi connectivity index (χ0) is 20.5. The molecule has 0 fully saturated rings. The van der Waals surface area contributed by atoms with Crippen molar-refractivity contribution >= 4 is 22.1 Å². The highest BCUT2D eigenvalue weighted by Crippen LogP contribution is 2.21. The molecule has 148 valence electrons. The number of benzene rings is 2. The molecule has 7 nitrogen and oxygen atoms in total. The zero-order valence-electron chi connectivity index (χ0n) is 16.4. The summed E-state index contributed by atoms with van der Waals surface area (Å²) in [6.45, 7) is 2.13. The van der Waals surface area contributed by atoms with Crippen LogP contribution in [0.1, 0.15) is 11.4 Å². The second kappa shape index (κ2) is 7.43. The van der Waals surface area contributed by atoms with E-state index in [2.05, 4.69) is 4.98 Å². The molecule has 0 N–H and O–H groups in total. The minimum absolute atomic E-state index is 0.0389. The van der Waals surface area contributed by atoms with Crippen LogP contribution < -0.4 is 20.5 Å². The fraction of sp³-hybridized carbons (Fsp3) is 0.227. The van der Waals surface area contributed by atoms with Crippen molar-refractivity contribution in [2.75, 3.05) is 14.2 Å². The van der Waals surface area contributed by atoms with Gasteiger partial charge in [0.25, 0.3) is 5.56 Å². The minimum Gasteiger partial charge on any atom is -0.497 e. The zero-order valence-corrected chi connectivity index (χ0v) is 16.4. The van der Waals surface area contributed by atoms with Gasteiger partial charge in [-0.05, 0) is 43.2 Å². The van der Waals surface area contributed by atoms with Gasteiger partial charge in [0, 0.05) is 12.6 Å². The largest absolute Gasteiger partial charge is 0.497 e. The minimum atomic E-state index is -0.396. The summed E-state index contributed by atoms with van der Waals surface area (Å²) in [5.41, 5.74) is 0.644. The summed E-state index contributed by atoms with van der Waals surface area (Å²) in [7, 11) is 3.15. The van der Waals surface area contributed by atoms with Gasteiger partial charge in [0.15, 0.2) is 5.39 Å². The number of rotatable bonds is 5. The van der Waals surface area contributed by atoms with E-state index in [4.69, 9.17) is 13.9 Å². The van der Waals surface area contributed by atoms with E-state index < -0.39 is 5.56 Å². The molecular formula is C22H20N2O5. The molecule has 0 aliphatic rings. The molecule has 0 radical (unpaired) electrons. The molecule has 4 rings (SSSR count). The van der Waals surface area contributed by atoms with Crippen LogP contribution in [0.25, 0.3) is 22.1 Å². The second-order valence-electron chi connectivity index (χ2n) is 6.69. The molecule has 0 saturated heterocycles. The molecule has 0 spiro atoms. The average molecular weight is 392 g/mol. The van der Waals surface area contributed by atoms with Crippen molar-refractivity contribution in [3.05, 3.63) is 74.4 Å². The van der Waals surface area contributed by atoms with E-state index in [0.717, 1.165) is 11.3 Å². The van der Waals surface area contributed by atoms with Crippen LogP contribution in [0.5, 0.6) is 11.5 Å². The lowest BCUT2D eigenvalue weighted by molar-refractivity contribution is 0.414. The molecule has 0 aliphatic carbocycles. The average Bonchev–Trinajstić information content (AvgIpc) is 2.73. The van der Waals surface area contributed by atoms with E-state index in [1.807, 2.05) is 24.3 Å². The monoisotopic (exact) mass is 392 g/mol. The van der Waals surface area contributed by atoms with Gasteiger partial charge in [-0.25, -0.2) is 0 Å². The molecule has 2 aromatic carbocycles. The molecule has 2 heterocycles. The number of fused-ring (bicyclic) bond motifs is 2. The fourth-order valence-electron chi connectivity index (χ4n) is 3.34. The highest BCUT2D eigenvalue weighted by Gasteiger charge is 2.16. The topological polar surface area (TPSA) is 83.6 Å². The molecule has 0 amide bonds. The van der Waals surface area contributed by atoms with E-state index in [0.29, 0.717) is 35.5 Å². The first-order valence-corrected chi connectivity index (χ1v) is 9.16. The van der Waals surface area contributed by atoms with Crippen LogP contribution >= 0.6 is 0 Å². The fourth-order valence-corrected chi connectivity index (χ4v) is 3.34. The van der Waals surface area contributed by atoms with Gasteiger partial charge in [-0.3, -0.25) is 14.2 Å². The summed E-state index contributed by atoms with van der Waals surface area (Å²) < 4.78 is 17.6. The Labute approximate surface area is 166 Å². The van der Waals surface area contributed by atoms with Gasteiger partial charge in [-0.15, -0.1) is 0 Å². The van der Waals surface area contributed by atoms with Crippen LogP contribution in [-0.2, 0) is 13.0 Å². The Morgan fingerprint density at radius 2 is 1.69 bits per heavy atom. The predicted molar refractivity (Wildman–Crippen MR) is 110 cm³/mol. The second-order valence-corrected chi connectivity index (χ2v) is 6.69. The van der Waals surface area contributed by atoms with Gasteiger partial charge >= 0.3 is 0 Å². The van der Waals surface area contributed by atoms with Crippen LogP contribution in [0.3, 0.4) is 0 Å². The summed E-state index contributed by atoms with van der Waals surface area (Å²) in [5.74, 6) is 1.82. The number of ether oxygens (including phenoxy) is 2. The maximum Gasteiger partial charge on any atom is 0.268 e. The lowest BCUT2D eigenvalue weighted by Gasteiger charge is -2.11. The molecule has 29 heavy (non-hydrogen) atoms. The molecule has 0 unspecified atom stereocenters. The quantitative estimate of drug-likeness (QED) is 0.486. The first-order chi connectivity index (χ1) is 14.0. The number of aromatic nitrogens is 2. The van der Waals surface area contributed by atoms with E-state index in [-0.39, 0.29) is 16.5 Å². The first kappa shape index (κ1) is 18.7. The van der Waals surface area contributed by atoms with Crippen molar-refractivity contribution in [2.45, 2.75) is 19.9 Å². The SMILES string of the molecule is COc1ccc(CCn2c(C)nc3oc4cc(OC)ccc4c(=O)c3c2=O)cc1. The predicted octanol–water partition coefficient (Wildman–Crippen LogP) is 3.07. The van der Waals surface area contributed by atoms with Crippen molar-refractivity contribution in [3.8, 4) is 11.5 Å². The third-order valence-electron chi connectivity index (χ3n) is 4.98. The summed E-state index contributed by atoms with van der Waals surface area (Å²) in [6.07, 6.45) is 0.619. The Bertz CT molecular complexity index is 1320. The van der Waals surface area contributed by atoms with Gasteiger partial charge in [-0.2, -0.15) is 4.98 Å². The third-order valence-corrected chi connectivity index (χ3v) is 4.98. The molecule has 4 aromatic rings. The molecule has 7 heteroatoms. The number of methoxy groups -OCH3 is 2. The highest BCUT2D eigenvalue weighted by atomic mass is 16.5. The Balaban J connectivity index is 1.78. The summed E-state index contributed by atoms with van der Waals surface area (Å²) in [5, 5.41) is 0.283. The summed E-state index contributed by atoms with van der Waals surface area (Å²) >= 11 is 0. The van der Waals surface area contributed by atoms with E-state index in [9.17, 15) is 9.59 Å². The lowest BCUT2D eigenvalue weighted by atomic mass is 10.1. The number of aryl methyl sites for hydroxylation is 2. The smallest absolute Gasteiger partial charge is 0.268 e. The molecule has 0 bridgehead atoms. The van der Waals surface area contributed by atoms with Crippen molar-refractivity contribution < 1.29 is 13.9 Å². The molecular weight excluding hydrogens is 372 g/mol. The highest BCUT2D eigenvalue weighted by molar-refractivity contribution is 5.88. The van der Waals surface area contributed by atoms with Crippen LogP contribution in [-0.4, -0.2) is 23.8 Å². The molecule has 0 atom stereocenters.